The number of rotatable bonds is 3. The molecule has 0 aliphatic carbocycles. The first-order chi connectivity index (χ1) is 6.37. The summed E-state index contributed by atoms with van der Waals surface area (Å²) in [6.45, 7) is 3.14. The maximum Gasteiger partial charge on any atom is 0.250 e. The zero-order valence-electron chi connectivity index (χ0n) is 7.85. The summed E-state index contributed by atoms with van der Waals surface area (Å²) in [6.07, 6.45) is 0. The van der Waals surface area contributed by atoms with Crippen molar-refractivity contribution in [3.05, 3.63) is 17.0 Å². The summed E-state index contributed by atoms with van der Waals surface area (Å²) in [6, 6.07) is 1.43. The molecular weight excluding hydrogens is 222 g/mol. The SMILES string of the molecule is CC(C)S(=O)(=O)c1sccc1C(N)=O. The first kappa shape index (κ1) is 11.2. The normalized spacial score (nSPS) is 11.9. The summed E-state index contributed by atoms with van der Waals surface area (Å²) in [5.74, 6) is -0.703. The number of primary amides is 1. The lowest BCUT2D eigenvalue weighted by atomic mass is 10.3. The third kappa shape index (κ3) is 1.80. The molecule has 1 aromatic rings. The number of thiophene rings is 1. The van der Waals surface area contributed by atoms with Gasteiger partial charge < -0.3 is 5.73 Å². The minimum Gasteiger partial charge on any atom is -0.366 e. The van der Waals surface area contributed by atoms with Gasteiger partial charge in [0.1, 0.15) is 4.21 Å². The van der Waals surface area contributed by atoms with Gasteiger partial charge in [0.05, 0.1) is 10.8 Å². The molecule has 1 rings (SSSR count). The molecule has 1 amide bonds. The standard InChI is InChI=1S/C8H11NO3S2/c1-5(2)14(11,12)8-6(7(9)10)3-4-13-8/h3-5H,1-2H3,(H2,9,10). The Balaban J connectivity index is 3.34. The van der Waals surface area contributed by atoms with Crippen molar-refractivity contribution < 1.29 is 13.2 Å². The number of hydrogen-bond donors (Lipinski definition) is 1. The Morgan fingerprint density at radius 2 is 2.07 bits per heavy atom. The zero-order valence-corrected chi connectivity index (χ0v) is 9.48. The van der Waals surface area contributed by atoms with Crippen LogP contribution in [0.5, 0.6) is 0 Å². The Morgan fingerprint density at radius 1 is 1.50 bits per heavy atom. The quantitative estimate of drug-likeness (QED) is 0.847. The van der Waals surface area contributed by atoms with E-state index in [2.05, 4.69) is 0 Å². The van der Waals surface area contributed by atoms with Gasteiger partial charge in [0.2, 0.25) is 0 Å². The van der Waals surface area contributed by atoms with Crippen molar-refractivity contribution >= 4 is 27.1 Å². The monoisotopic (exact) mass is 233 g/mol. The van der Waals surface area contributed by atoms with Gasteiger partial charge in [-0.1, -0.05) is 0 Å². The molecule has 0 aromatic carbocycles. The molecule has 0 unspecified atom stereocenters. The smallest absolute Gasteiger partial charge is 0.250 e. The second-order valence-electron chi connectivity index (χ2n) is 3.08. The molecule has 0 aliphatic rings. The molecule has 2 N–H and O–H groups in total. The van der Waals surface area contributed by atoms with Gasteiger partial charge in [0.25, 0.3) is 5.91 Å². The number of hydrogen-bond acceptors (Lipinski definition) is 4. The molecule has 0 aliphatic heterocycles. The Morgan fingerprint density at radius 3 is 2.50 bits per heavy atom. The molecule has 0 fully saturated rings. The van der Waals surface area contributed by atoms with E-state index in [9.17, 15) is 13.2 Å². The minimum absolute atomic E-state index is 0.0694. The van der Waals surface area contributed by atoms with Crippen LogP contribution < -0.4 is 5.73 Å². The van der Waals surface area contributed by atoms with E-state index in [1.165, 1.54) is 6.07 Å². The lowest BCUT2D eigenvalue weighted by Crippen LogP contribution is -2.18. The van der Waals surface area contributed by atoms with Gasteiger partial charge in [-0.05, 0) is 25.3 Å². The maximum absolute atomic E-state index is 11.7. The van der Waals surface area contributed by atoms with E-state index >= 15 is 0 Å². The molecule has 6 heteroatoms. The molecule has 1 heterocycles. The molecule has 0 radical (unpaired) electrons. The largest absolute Gasteiger partial charge is 0.366 e. The Hall–Kier alpha value is -0.880. The van der Waals surface area contributed by atoms with Crippen molar-refractivity contribution in [1.82, 2.24) is 0 Å². The molecule has 78 valence electrons. The zero-order chi connectivity index (χ0) is 10.9. The fraction of sp³-hybridized carbons (Fsp3) is 0.375. The van der Waals surface area contributed by atoms with Crippen LogP contribution in [0.15, 0.2) is 15.7 Å². The number of sulfone groups is 1. The fourth-order valence-electron chi connectivity index (χ4n) is 0.913. The maximum atomic E-state index is 11.7. The lowest BCUT2D eigenvalue weighted by molar-refractivity contribution is 0.0998. The van der Waals surface area contributed by atoms with Crippen LogP contribution in [0.4, 0.5) is 0 Å². The minimum atomic E-state index is -3.39. The molecule has 4 nitrogen and oxygen atoms in total. The third-order valence-electron chi connectivity index (χ3n) is 1.77. The Kier molecular flexibility index (Phi) is 2.96. The number of amides is 1. The van der Waals surface area contributed by atoms with Crippen molar-refractivity contribution in [2.75, 3.05) is 0 Å². The predicted molar refractivity (Wildman–Crippen MR) is 55.2 cm³/mol. The van der Waals surface area contributed by atoms with Gasteiger partial charge in [0.15, 0.2) is 9.84 Å². The molecule has 14 heavy (non-hydrogen) atoms. The summed E-state index contributed by atoms with van der Waals surface area (Å²) in [5, 5.41) is 1.01. The van der Waals surface area contributed by atoms with Crippen LogP contribution in [0, 0.1) is 0 Å². The predicted octanol–water partition coefficient (Wildman–Crippen LogP) is 1.03. The van der Waals surface area contributed by atoms with Crippen molar-refractivity contribution in [1.29, 1.82) is 0 Å². The van der Waals surface area contributed by atoms with E-state index in [1.54, 1.807) is 19.2 Å². The van der Waals surface area contributed by atoms with Crippen molar-refractivity contribution in [3.63, 3.8) is 0 Å². The van der Waals surface area contributed by atoms with Gasteiger partial charge >= 0.3 is 0 Å². The van der Waals surface area contributed by atoms with Gasteiger partial charge in [-0.2, -0.15) is 0 Å². The van der Waals surface area contributed by atoms with Crippen LogP contribution in [0.25, 0.3) is 0 Å². The molecule has 0 saturated carbocycles. The van der Waals surface area contributed by atoms with Gasteiger partial charge in [0, 0.05) is 0 Å². The van der Waals surface area contributed by atoms with Crippen LogP contribution in [0.3, 0.4) is 0 Å². The van der Waals surface area contributed by atoms with E-state index < -0.39 is 21.0 Å². The van der Waals surface area contributed by atoms with E-state index in [4.69, 9.17) is 5.73 Å². The van der Waals surface area contributed by atoms with E-state index in [-0.39, 0.29) is 9.77 Å². The number of nitrogens with two attached hydrogens (primary N) is 1. The topological polar surface area (TPSA) is 77.2 Å². The molecule has 0 saturated heterocycles. The molecule has 0 atom stereocenters. The number of carbonyl (C=O) groups excluding carboxylic acids is 1. The average molecular weight is 233 g/mol. The fourth-order valence-corrected chi connectivity index (χ4v) is 3.72. The first-order valence-electron chi connectivity index (χ1n) is 3.98. The highest BCUT2D eigenvalue weighted by atomic mass is 32.2. The van der Waals surface area contributed by atoms with Gasteiger partial charge in [-0.15, -0.1) is 11.3 Å². The third-order valence-corrected chi connectivity index (χ3v) is 5.44. The highest BCUT2D eigenvalue weighted by Gasteiger charge is 2.25. The Bertz CT molecular complexity index is 445. The second kappa shape index (κ2) is 3.70. The summed E-state index contributed by atoms with van der Waals surface area (Å²) >= 11 is 1.02. The molecule has 0 spiro atoms. The van der Waals surface area contributed by atoms with E-state index in [1.807, 2.05) is 0 Å². The highest BCUT2D eigenvalue weighted by Crippen LogP contribution is 2.25. The summed E-state index contributed by atoms with van der Waals surface area (Å²) < 4.78 is 23.5. The lowest BCUT2D eigenvalue weighted by Gasteiger charge is -2.06. The van der Waals surface area contributed by atoms with Crippen LogP contribution in [-0.2, 0) is 9.84 Å². The Labute approximate surface area is 86.7 Å². The second-order valence-corrected chi connectivity index (χ2v) is 6.70. The van der Waals surface area contributed by atoms with Gasteiger partial charge in [-0.25, -0.2) is 8.42 Å². The van der Waals surface area contributed by atoms with Crippen LogP contribution >= 0.6 is 11.3 Å². The van der Waals surface area contributed by atoms with Crippen LogP contribution in [-0.4, -0.2) is 19.6 Å². The molecular formula is C8H11NO3S2. The first-order valence-corrected chi connectivity index (χ1v) is 6.41. The van der Waals surface area contributed by atoms with Crippen LogP contribution in [0.2, 0.25) is 0 Å². The van der Waals surface area contributed by atoms with Crippen LogP contribution in [0.1, 0.15) is 24.2 Å². The molecule has 1 aromatic heterocycles. The average Bonchev–Trinajstić information content (AvgIpc) is 2.51. The highest BCUT2D eigenvalue weighted by molar-refractivity contribution is 7.94. The van der Waals surface area contributed by atoms with Crippen molar-refractivity contribution in [2.45, 2.75) is 23.3 Å². The van der Waals surface area contributed by atoms with Crippen molar-refractivity contribution in [2.24, 2.45) is 5.73 Å². The van der Waals surface area contributed by atoms with Gasteiger partial charge in [-0.3, -0.25) is 4.79 Å². The molecule has 0 bridgehead atoms. The number of carbonyl (C=O) groups is 1. The summed E-state index contributed by atoms with van der Waals surface area (Å²) in [4.78, 5) is 10.9. The summed E-state index contributed by atoms with van der Waals surface area (Å²) in [7, 11) is -3.39. The van der Waals surface area contributed by atoms with E-state index in [0.29, 0.717) is 0 Å². The van der Waals surface area contributed by atoms with Crippen molar-refractivity contribution in [3.8, 4) is 0 Å². The summed E-state index contributed by atoms with van der Waals surface area (Å²) in [5.41, 5.74) is 5.15. The van der Waals surface area contributed by atoms with E-state index in [0.717, 1.165) is 11.3 Å².